The van der Waals surface area contributed by atoms with Gasteiger partial charge in [0.25, 0.3) is 5.91 Å². The van der Waals surface area contributed by atoms with Gasteiger partial charge in [-0.25, -0.2) is 4.98 Å². The number of nitrogens with zero attached hydrogens (tertiary/aromatic N) is 4. The topological polar surface area (TPSA) is 55.5 Å². The van der Waals surface area contributed by atoms with Crippen LogP contribution in [0.15, 0.2) is 54.9 Å². The predicted octanol–water partition coefficient (Wildman–Crippen LogP) is 5.68. The molecule has 1 unspecified atom stereocenters. The zero-order chi connectivity index (χ0) is 26.8. The van der Waals surface area contributed by atoms with E-state index in [4.69, 9.17) is 4.98 Å². The monoisotopic (exact) mass is 531 g/mol. The first-order valence-electron chi connectivity index (χ1n) is 15.1. The number of pyridine rings is 1. The van der Waals surface area contributed by atoms with Gasteiger partial charge in [-0.1, -0.05) is 18.2 Å². The van der Waals surface area contributed by atoms with Crippen LogP contribution in [0.2, 0.25) is 0 Å². The summed E-state index contributed by atoms with van der Waals surface area (Å²) in [5, 5.41) is 1.12. The van der Waals surface area contributed by atoms with Crippen LogP contribution in [0, 0.1) is 0 Å². The maximum Gasteiger partial charge on any atom is 0.253 e. The van der Waals surface area contributed by atoms with Gasteiger partial charge in [0, 0.05) is 66.7 Å². The second-order valence-electron chi connectivity index (χ2n) is 12.5. The fraction of sp³-hybridized carbons (Fsp3) is 0.412. The Hall–Kier alpha value is -3.48. The predicted molar refractivity (Wildman–Crippen MR) is 159 cm³/mol. The Morgan fingerprint density at radius 1 is 0.925 bits per heavy atom. The minimum atomic E-state index is 0.147. The summed E-state index contributed by atoms with van der Waals surface area (Å²) in [4.78, 5) is 28.3. The fourth-order valence-corrected chi connectivity index (χ4v) is 7.74. The number of likely N-dealkylation sites (N-methyl/N-ethyl adjacent to an activating group) is 1. The molecule has 1 amide bonds. The Morgan fingerprint density at radius 3 is 2.55 bits per heavy atom. The number of hydrogen-bond acceptors (Lipinski definition) is 4. The van der Waals surface area contributed by atoms with Gasteiger partial charge in [-0.2, -0.15) is 0 Å². The summed E-state index contributed by atoms with van der Waals surface area (Å²) in [7, 11) is 2.25. The molecule has 204 valence electrons. The van der Waals surface area contributed by atoms with Crippen LogP contribution in [0.4, 0.5) is 0 Å². The molecule has 3 aliphatic heterocycles. The van der Waals surface area contributed by atoms with Crippen LogP contribution >= 0.6 is 0 Å². The first kappa shape index (κ1) is 24.3. The van der Waals surface area contributed by atoms with E-state index in [1.54, 1.807) is 11.1 Å². The molecule has 0 saturated carbocycles. The van der Waals surface area contributed by atoms with Crippen LogP contribution in [0.1, 0.15) is 58.6 Å². The minimum Gasteiger partial charge on any atom is -0.346 e. The number of aromatic nitrogens is 2. The van der Waals surface area contributed by atoms with Crippen LogP contribution in [-0.4, -0.2) is 76.4 Å². The highest BCUT2D eigenvalue weighted by molar-refractivity contribution is 5.98. The number of amides is 1. The number of carbonyl (C=O) groups excluding carboxylic acids is 1. The van der Waals surface area contributed by atoms with Gasteiger partial charge < -0.3 is 14.8 Å². The van der Waals surface area contributed by atoms with Crippen molar-refractivity contribution < 1.29 is 4.79 Å². The molecule has 0 radical (unpaired) electrons. The highest BCUT2D eigenvalue weighted by Gasteiger charge is 2.36. The molecule has 0 bridgehead atoms. The van der Waals surface area contributed by atoms with Crippen molar-refractivity contribution in [1.82, 2.24) is 24.7 Å². The lowest BCUT2D eigenvalue weighted by molar-refractivity contribution is 0.0334. The molecular weight excluding hydrogens is 494 g/mol. The molecular formula is C34H37N5O. The number of likely N-dealkylation sites (tertiary alicyclic amines) is 2. The van der Waals surface area contributed by atoms with E-state index in [9.17, 15) is 4.79 Å². The van der Waals surface area contributed by atoms with Crippen molar-refractivity contribution in [2.45, 2.75) is 50.6 Å². The Bertz CT molecular complexity index is 1590. The molecule has 6 heteroatoms. The molecule has 4 aromatic rings. The van der Waals surface area contributed by atoms with Gasteiger partial charge in [-0.05, 0) is 110 Å². The molecule has 4 aliphatic rings. The lowest BCUT2D eigenvalue weighted by atomic mass is 9.76. The number of carbonyl (C=O) groups is 1. The Labute approximate surface area is 236 Å². The van der Waals surface area contributed by atoms with Gasteiger partial charge in [0.2, 0.25) is 0 Å². The van der Waals surface area contributed by atoms with Crippen molar-refractivity contribution in [2.24, 2.45) is 0 Å². The summed E-state index contributed by atoms with van der Waals surface area (Å²) < 4.78 is 0. The van der Waals surface area contributed by atoms with Gasteiger partial charge in [-0.15, -0.1) is 0 Å². The van der Waals surface area contributed by atoms with Crippen LogP contribution in [0.5, 0.6) is 0 Å². The normalized spacial score (nSPS) is 21.5. The van der Waals surface area contributed by atoms with E-state index < -0.39 is 0 Å². The van der Waals surface area contributed by atoms with Crippen LogP contribution in [-0.2, 0) is 13.0 Å². The molecule has 1 atom stereocenters. The fourth-order valence-electron chi connectivity index (χ4n) is 7.74. The molecule has 40 heavy (non-hydrogen) atoms. The highest BCUT2D eigenvalue weighted by Crippen LogP contribution is 2.41. The van der Waals surface area contributed by atoms with E-state index >= 15 is 0 Å². The molecule has 0 spiro atoms. The Kier molecular flexibility index (Phi) is 5.82. The minimum absolute atomic E-state index is 0.147. The zero-order valence-corrected chi connectivity index (χ0v) is 23.3. The maximum absolute atomic E-state index is 13.1. The summed E-state index contributed by atoms with van der Waals surface area (Å²) in [5.74, 6) is 0.833. The summed E-state index contributed by atoms with van der Waals surface area (Å²) >= 11 is 0. The van der Waals surface area contributed by atoms with Gasteiger partial charge in [0.1, 0.15) is 5.65 Å². The lowest BCUT2D eigenvalue weighted by Gasteiger charge is -2.44. The number of nitrogens with one attached hydrogen (secondary N) is 1. The molecule has 2 fully saturated rings. The smallest absolute Gasteiger partial charge is 0.253 e. The first-order valence-corrected chi connectivity index (χ1v) is 15.1. The van der Waals surface area contributed by atoms with E-state index in [1.807, 2.05) is 29.4 Å². The largest absolute Gasteiger partial charge is 0.346 e. The zero-order valence-electron chi connectivity index (χ0n) is 23.3. The molecule has 2 aromatic carbocycles. The molecule has 2 saturated heterocycles. The third-order valence-electron chi connectivity index (χ3n) is 9.84. The van der Waals surface area contributed by atoms with Crippen molar-refractivity contribution in [3.8, 4) is 22.3 Å². The van der Waals surface area contributed by atoms with Crippen LogP contribution in [0.3, 0.4) is 0 Å². The van der Waals surface area contributed by atoms with E-state index in [2.05, 4.69) is 52.2 Å². The Balaban J connectivity index is 1.06. The number of rotatable bonds is 4. The van der Waals surface area contributed by atoms with Gasteiger partial charge in [0.15, 0.2) is 0 Å². The number of aromatic amines is 1. The second-order valence-corrected chi connectivity index (χ2v) is 12.5. The molecule has 8 rings (SSSR count). The van der Waals surface area contributed by atoms with Crippen molar-refractivity contribution >= 4 is 16.9 Å². The van der Waals surface area contributed by atoms with E-state index in [0.717, 1.165) is 47.4 Å². The quantitative estimate of drug-likeness (QED) is 0.368. The summed E-state index contributed by atoms with van der Waals surface area (Å²) in [6, 6.07) is 15.8. The number of aryl methyl sites for hydroxylation is 1. The van der Waals surface area contributed by atoms with Gasteiger partial charge in [0.05, 0.1) is 0 Å². The molecule has 1 aliphatic carbocycles. The maximum atomic E-state index is 13.1. The highest BCUT2D eigenvalue weighted by atomic mass is 16.2. The van der Waals surface area contributed by atoms with Crippen LogP contribution in [0.25, 0.3) is 33.3 Å². The summed E-state index contributed by atoms with van der Waals surface area (Å²) in [5.41, 5.74) is 11.0. The second kappa shape index (κ2) is 9.57. The SMILES string of the molecule is CN1Cc2cc(-c3cnc4[nH]cc(-c5ccc(C(=O)N6CC(N7CCCC7)C6)cc5)c4c3)cc3c2C(CCC3)C1. The van der Waals surface area contributed by atoms with E-state index in [1.165, 1.54) is 68.4 Å². The van der Waals surface area contributed by atoms with E-state index in [0.29, 0.717) is 12.0 Å². The number of fused-ring (bicyclic) bond motifs is 1. The van der Waals surface area contributed by atoms with Gasteiger partial charge in [-0.3, -0.25) is 9.69 Å². The van der Waals surface area contributed by atoms with Crippen LogP contribution < -0.4 is 0 Å². The van der Waals surface area contributed by atoms with Crippen molar-refractivity contribution in [3.63, 3.8) is 0 Å². The number of H-pyrrole nitrogens is 1. The summed E-state index contributed by atoms with van der Waals surface area (Å²) in [6.07, 6.45) is 10.4. The van der Waals surface area contributed by atoms with Crippen molar-refractivity contribution in [2.75, 3.05) is 39.8 Å². The standard InChI is InChI=1S/C34H37N5O/c1-37-18-25-6-4-5-24-13-26(14-28(19-37)32(24)25)27-15-30-31(17-36-33(30)35-16-27)22-7-9-23(10-8-22)34(40)39-20-29(21-39)38-11-2-3-12-38/h7-10,13-17,25,29H,2-6,11-12,18-21H2,1H3,(H,35,36). The Morgan fingerprint density at radius 2 is 1.73 bits per heavy atom. The van der Waals surface area contributed by atoms with Gasteiger partial charge >= 0.3 is 0 Å². The molecule has 5 heterocycles. The number of hydrogen-bond donors (Lipinski definition) is 1. The third-order valence-corrected chi connectivity index (χ3v) is 9.84. The first-order chi connectivity index (χ1) is 19.6. The molecule has 1 N–H and O–H groups in total. The van der Waals surface area contributed by atoms with Crippen molar-refractivity contribution in [1.29, 1.82) is 0 Å². The lowest BCUT2D eigenvalue weighted by Crippen LogP contribution is -2.60. The number of benzene rings is 2. The molecule has 2 aromatic heterocycles. The average Bonchev–Trinajstić information content (AvgIpc) is 3.62. The summed E-state index contributed by atoms with van der Waals surface area (Å²) in [6.45, 7) is 6.31. The van der Waals surface area contributed by atoms with E-state index in [-0.39, 0.29) is 5.91 Å². The average molecular weight is 532 g/mol. The van der Waals surface area contributed by atoms with Crippen molar-refractivity contribution in [3.05, 3.63) is 77.1 Å². The molecule has 6 nitrogen and oxygen atoms in total. The third kappa shape index (κ3) is 4.08.